The Morgan fingerprint density at radius 1 is 1.05 bits per heavy atom. The summed E-state index contributed by atoms with van der Waals surface area (Å²) >= 11 is 6.72. The highest BCUT2D eigenvalue weighted by atomic mass is 79.9. The van der Waals surface area contributed by atoms with Crippen LogP contribution in [0.1, 0.15) is 5.56 Å². The molecule has 0 aliphatic carbocycles. The van der Waals surface area contributed by atoms with Crippen molar-refractivity contribution in [1.29, 1.82) is 0 Å². The average molecular weight is 410 g/mol. The topological polar surface area (TPSA) is 24.9 Å². The Morgan fingerprint density at radius 2 is 1.90 bits per heavy atom. The van der Waals surface area contributed by atoms with Crippen LogP contribution < -0.4 is 5.32 Å². The Balaban J connectivity index is 1.88. The molecule has 0 fully saturated rings. The van der Waals surface area contributed by atoms with Gasteiger partial charge in [0.2, 0.25) is 0 Å². The maximum atomic E-state index is 13.2. The summed E-state index contributed by atoms with van der Waals surface area (Å²) in [5, 5.41) is 4.37. The fourth-order valence-corrected chi connectivity index (χ4v) is 2.97. The van der Waals surface area contributed by atoms with Crippen LogP contribution in [0.15, 0.2) is 57.6 Å². The molecule has 0 atom stereocenters. The van der Waals surface area contributed by atoms with Gasteiger partial charge in [-0.1, -0.05) is 28.1 Å². The number of benzene rings is 2. The van der Waals surface area contributed by atoms with E-state index in [2.05, 4.69) is 42.2 Å². The molecule has 106 valence electrons. The second kappa shape index (κ2) is 6.12. The van der Waals surface area contributed by atoms with E-state index in [9.17, 15) is 4.39 Å². The Kier molecular flexibility index (Phi) is 4.22. The summed E-state index contributed by atoms with van der Waals surface area (Å²) < 4.78 is 14.7. The molecule has 1 heterocycles. The van der Waals surface area contributed by atoms with Crippen LogP contribution in [0.4, 0.5) is 10.1 Å². The summed E-state index contributed by atoms with van der Waals surface area (Å²) in [5.41, 5.74) is 2.91. The molecular formula is C16H11Br2FN2. The van der Waals surface area contributed by atoms with Gasteiger partial charge in [-0.3, -0.25) is 4.98 Å². The lowest BCUT2D eigenvalue weighted by Crippen LogP contribution is -2.01. The SMILES string of the molecule is Fc1ccc(NCc2ccc(Br)c3cccnc23)cc1Br. The minimum atomic E-state index is -0.267. The standard InChI is InChI=1S/C16H11Br2FN2/c17-13-5-3-10(16-12(13)2-1-7-20-16)9-21-11-4-6-15(19)14(18)8-11/h1-8,21H,9H2. The summed E-state index contributed by atoms with van der Waals surface area (Å²) in [7, 11) is 0. The second-order valence-corrected chi connectivity index (χ2v) is 6.30. The van der Waals surface area contributed by atoms with E-state index in [1.807, 2.05) is 24.3 Å². The highest BCUT2D eigenvalue weighted by molar-refractivity contribution is 9.11. The first-order valence-corrected chi connectivity index (χ1v) is 7.95. The first-order chi connectivity index (χ1) is 10.1. The molecule has 3 aromatic rings. The predicted molar refractivity (Wildman–Crippen MR) is 90.9 cm³/mol. The monoisotopic (exact) mass is 408 g/mol. The zero-order chi connectivity index (χ0) is 14.8. The van der Waals surface area contributed by atoms with Crippen LogP contribution in [0.5, 0.6) is 0 Å². The normalized spacial score (nSPS) is 10.8. The van der Waals surface area contributed by atoms with E-state index in [4.69, 9.17) is 0 Å². The van der Waals surface area contributed by atoms with Gasteiger partial charge >= 0.3 is 0 Å². The molecule has 5 heteroatoms. The summed E-state index contributed by atoms with van der Waals surface area (Å²) in [6.45, 7) is 0.624. The molecule has 1 aromatic heterocycles. The number of rotatable bonds is 3. The van der Waals surface area contributed by atoms with E-state index in [0.29, 0.717) is 11.0 Å². The zero-order valence-electron chi connectivity index (χ0n) is 10.9. The van der Waals surface area contributed by atoms with Crippen molar-refractivity contribution in [3.05, 3.63) is 69.0 Å². The van der Waals surface area contributed by atoms with Gasteiger partial charge < -0.3 is 5.32 Å². The molecule has 0 aliphatic heterocycles. The van der Waals surface area contributed by atoms with E-state index in [1.165, 1.54) is 6.07 Å². The minimum Gasteiger partial charge on any atom is -0.381 e. The van der Waals surface area contributed by atoms with Crippen molar-refractivity contribution in [2.24, 2.45) is 0 Å². The quantitative estimate of drug-likeness (QED) is 0.616. The molecule has 0 radical (unpaired) electrons. The van der Waals surface area contributed by atoms with E-state index in [-0.39, 0.29) is 5.82 Å². The van der Waals surface area contributed by atoms with Gasteiger partial charge in [0.15, 0.2) is 0 Å². The van der Waals surface area contributed by atoms with Gasteiger partial charge in [0.25, 0.3) is 0 Å². The highest BCUT2D eigenvalue weighted by Crippen LogP contribution is 2.26. The number of aromatic nitrogens is 1. The third-order valence-electron chi connectivity index (χ3n) is 3.20. The van der Waals surface area contributed by atoms with Crippen molar-refractivity contribution < 1.29 is 4.39 Å². The van der Waals surface area contributed by atoms with Crippen LogP contribution in [0.2, 0.25) is 0 Å². The Hall–Kier alpha value is -1.46. The number of hydrogen-bond donors (Lipinski definition) is 1. The number of pyridine rings is 1. The van der Waals surface area contributed by atoms with Crippen LogP contribution in [0.3, 0.4) is 0 Å². The molecule has 0 aliphatic rings. The molecule has 0 spiro atoms. The van der Waals surface area contributed by atoms with Gasteiger partial charge in [-0.15, -0.1) is 0 Å². The van der Waals surface area contributed by atoms with Gasteiger partial charge in [0.05, 0.1) is 9.99 Å². The first-order valence-electron chi connectivity index (χ1n) is 6.36. The number of fused-ring (bicyclic) bond motifs is 1. The Morgan fingerprint density at radius 3 is 2.71 bits per heavy atom. The van der Waals surface area contributed by atoms with E-state index >= 15 is 0 Å². The summed E-state index contributed by atoms with van der Waals surface area (Å²) in [6, 6.07) is 12.9. The van der Waals surface area contributed by atoms with Crippen LogP contribution >= 0.6 is 31.9 Å². The van der Waals surface area contributed by atoms with Crippen LogP contribution in [-0.2, 0) is 6.54 Å². The van der Waals surface area contributed by atoms with Crippen molar-refractivity contribution in [2.75, 3.05) is 5.32 Å². The summed E-state index contributed by atoms with van der Waals surface area (Å²) in [5.74, 6) is -0.267. The zero-order valence-corrected chi connectivity index (χ0v) is 14.1. The molecule has 2 nitrogen and oxygen atoms in total. The maximum Gasteiger partial charge on any atom is 0.137 e. The fourth-order valence-electron chi connectivity index (χ4n) is 2.14. The van der Waals surface area contributed by atoms with Crippen molar-refractivity contribution >= 4 is 48.5 Å². The third-order valence-corrected chi connectivity index (χ3v) is 4.50. The van der Waals surface area contributed by atoms with E-state index < -0.39 is 0 Å². The maximum absolute atomic E-state index is 13.2. The molecule has 0 bridgehead atoms. The molecule has 3 rings (SSSR count). The largest absolute Gasteiger partial charge is 0.381 e. The van der Waals surface area contributed by atoms with Crippen molar-refractivity contribution in [1.82, 2.24) is 4.98 Å². The van der Waals surface area contributed by atoms with Gasteiger partial charge in [-0.05, 0) is 51.8 Å². The summed E-state index contributed by atoms with van der Waals surface area (Å²) in [6.07, 6.45) is 1.78. The number of nitrogens with one attached hydrogen (secondary N) is 1. The van der Waals surface area contributed by atoms with Crippen molar-refractivity contribution in [3.63, 3.8) is 0 Å². The number of hydrogen-bond acceptors (Lipinski definition) is 2. The minimum absolute atomic E-state index is 0.267. The highest BCUT2D eigenvalue weighted by Gasteiger charge is 2.06. The van der Waals surface area contributed by atoms with E-state index in [0.717, 1.165) is 26.6 Å². The van der Waals surface area contributed by atoms with Gasteiger partial charge in [-0.25, -0.2) is 4.39 Å². The lowest BCUT2D eigenvalue weighted by Gasteiger charge is -2.10. The predicted octanol–water partition coefficient (Wildman–Crippen LogP) is 5.51. The van der Waals surface area contributed by atoms with Crippen LogP contribution in [0, 0.1) is 5.82 Å². The van der Waals surface area contributed by atoms with Crippen LogP contribution in [0.25, 0.3) is 10.9 Å². The number of nitrogens with zero attached hydrogens (tertiary/aromatic N) is 1. The van der Waals surface area contributed by atoms with E-state index in [1.54, 1.807) is 18.3 Å². The van der Waals surface area contributed by atoms with Gasteiger partial charge in [0.1, 0.15) is 5.82 Å². The lowest BCUT2D eigenvalue weighted by molar-refractivity contribution is 0.621. The molecule has 0 unspecified atom stereocenters. The Labute approximate surface area is 138 Å². The molecule has 21 heavy (non-hydrogen) atoms. The molecule has 0 saturated heterocycles. The van der Waals surface area contributed by atoms with Gasteiger partial charge in [-0.2, -0.15) is 0 Å². The van der Waals surface area contributed by atoms with Crippen molar-refractivity contribution in [3.8, 4) is 0 Å². The van der Waals surface area contributed by atoms with Crippen LogP contribution in [-0.4, -0.2) is 4.98 Å². The summed E-state index contributed by atoms with van der Waals surface area (Å²) in [4.78, 5) is 4.45. The molecular weight excluding hydrogens is 399 g/mol. The first kappa shape index (κ1) is 14.5. The number of anilines is 1. The third kappa shape index (κ3) is 3.09. The number of halogens is 3. The van der Waals surface area contributed by atoms with Crippen molar-refractivity contribution in [2.45, 2.75) is 6.54 Å². The molecule has 1 N–H and O–H groups in total. The van der Waals surface area contributed by atoms with Gasteiger partial charge in [0, 0.05) is 28.3 Å². The second-order valence-electron chi connectivity index (χ2n) is 4.59. The molecule has 0 amide bonds. The average Bonchev–Trinajstić information content (AvgIpc) is 2.50. The molecule has 0 saturated carbocycles. The molecule has 2 aromatic carbocycles. The smallest absolute Gasteiger partial charge is 0.137 e. The Bertz CT molecular complexity index is 805. The fraction of sp³-hybridized carbons (Fsp3) is 0.0625. The lowest BCUT2D eigenvalue weighted by atomic mass is 10.1.